The third-order valence-electron chi connectivity index (χ3n) is 1.10. The van der Waals surface area contributed by atoms with Gasteiger partial charge in [0, 0.05) is 6.07 Å². The molecule has 1 aromatic heterocycles. The molecule has 0 unspecified atom stereocenters. The average molecular weight is 337 g/mol. The minimum absolute atomic E-state index is 0.0543. The highest BCUT2D eigenvalue weighted by Crippen LogP contribution is 2.34. The second kappa shape index (κ2) is 3.93. The SMILES string of the molecule is Oc1c(Br)cc(OC(F)(F)F)nc1Br. The molecule has 0 spiro atoms. The Balaban J connectivity index is 3.02. The molecule has 0 aliphatic heterocycles. The largest absolute Gasteiger partial charge is 0.574 e. The van der Waals surface area contributed by atoms with Crippen LogP contribution in [0.25, 0.3) is 0 Å². The van der Waals surface area contributed by atoms with Gasteiger partial charge in [-0.25, -0.2) is 4.98 Å². The Morgan fingerprint density at radius 3 is 2.36 bits per heavy atom. The molecule has 0 aliphatic rings. The van der Waals surface area contributed by atoms with Gasteiger partial charge in [-0.2, -0.15) is 0 Å². The van der Waals surface area contributed by atoms with Gasteiger partial charge in [-0.05, 0) is 31.9 Å². The van der Waals surface area contributed by atoms with Crippen molar-refractivity contribution in [3.05, 3.63) is 15.1 Å². The summed E-state index contributed by atoms with van der Waals surface area (Å²) in [6.07, 6.45) is -4.80. The Bertz CT molecular complexity index is 332. The van der Waals surface area contributed by atoms with Crippen molar-refractivity contribution in [2.45, 2.75) is 6.36 Å². The highest BCUT2D eigenvalue weighted by atomic mass is 79.9. The zero-order valence-electron chi connectivity index (χ0n) is 6.27. The van der Waals surface area contributed by atoms with E-state index in [0.717, 1.165) is 6.07 Å². The van der Waals surface area contributed by atoms with Gasteiger partial charge in [0.15, 0.2) is 10.4 Å². The number of pyridine rings is 1. The van der Waals surface area contributed by atoms with Crippen LogP contribution in [0.3, 0.4) is 0 Å². The van der Waals surface area contributed by atoms with Gasteiger partial charge < -0.3 is 9.84 Å². The van der Waals surface area contributed by atoms with E-state index in [4.69, 9.17) is 5.11 Å². The first-order valence-corrected chi connectivity index (χ1v) is 4.69. The Morgan fingerprint density at radius 2 is 1.93 bits per heavy atom. The third-order valence-corrected chi connectivity index (χ3v) is 2.26. The highest BCUT2D eigenvalue weighted by molar-refractivity contribution is 9.11. The molecule has 0 amide bonds. The summed E-state index contributed by atoms with van der Waals surface area (Å²) in [6, 6.07) is 0.910. The molecule has 0 aromatic carbocycles. The van der Waals surface area contributed by atoms with Gasteiger partial charge in [-0.15, -0.1) is 13.2 Å². The lowest BCUT2D eigenvalue weighted by Gasteiger charge is -2.09. The predicted octanol–water partition coefficient (Wildman–Crippen LogP) is 3.21. The van der Waals surface area contributed by atoms with E-state index in [2.05, 4.69) is 41.6 Å². The van der Waals surface area contributed by atoms with Crippen molar-refractivity contribution >= 4 is 31.9 Å². The van der Waals surface area contributed by atoms with Crippen molar-refractivity contribution < 1.29 is 23.0 Å². The van der Waals surface area contributed by atoms with Crippen LogP contribution in [-0.4, -0.2) is 16.5 Å². The quantitative estimate of drug-likeness (QED) is 0.801. The summed E-state index contributed by atoms with van der Waals surface area (Å²) < 4.78 is 38.7. The maximum atomic E-state index is 11.7. The maximum Gasteiger partial charge on any atom is 0.574 e. The summed E-state index contributed by atoms with van der Waals surface area (Å²) in [7, 11) is 0. The van der Waals surface area contributed by atoms with Crippen LogP contribution in [0.1, 0.15) is 0 Å². The summed E-state index contributed by atoms with van der Waals surface area (Å²) in [5.41, 5.74) is 0. The lowest BCUT2D eigenvalue weighted by Crippen LogP contribution is -2.17. The van der Waals surface area contributed by atoms with Crippen molar-refractivity contribution in [3.63, 3.8) is 0 Å². The van der Waals surface area contributed by atoms with E-state index in [1.807, 2.05) is 0 Å². The first-order chi connectivity index (χ1) is 6.29. The van der Waals surface area contributed by atoms with Gasteiger partial charge in [-0.1, -0.05) is 0 Å². The van der Waals surface area contributed by atoms with E-state index < -0.39 is 12.2 Å². The van der Waals surface area contributed by atoms with Crippen molar-refractivity contribution in [2.75, 3.05) is 0 Å². The lowest BCUT2D eigenvalue weighted by molar-refractivity contribution is -0.276. The molecule has 0 radical (unpaired) electrons. The zero-order valence-corrected chi connectivity index (χ0v) is 9.44. The second-order valence-corrected chi connectivity index (χ2v) is 3.74. The fraction of sp³-hybridized carbons (Fsp3) is 0.167. The average Bonchev–Trinajstić information content (AvgIpc) is 1.96. The molecular weight excluding hydrogens is 335 g/mol. The fourth-order valence-corrected chi connectivity index (χ4v) is 1.67. The molecule has 1 heterocycles. The van der Waals surface area contributed by atoms with Crippen LogP contribution in [0.5, 0.6) is 11.6 Å². The van der Waals surface area contributed by atoms with Crippen LogP contribution in [0.15, 0.2) is 15.1 Å². The Hall–Kier alpha value is -0.500. The second-order valence-electron chi connectivity index (χ2n) is 2.13. The molecule has 1 aromatic rings. The van der Waals surface area contributed by atoms with Gasteiger partial charge in [0.1, 0.15) is 0 Å². The van der Waals surface area contributed by atoms with E-state index in [0.29, 0.717) is 0 Å². The number of halogens is 5. The molecule has 0 fully saturated rings. The first-order valence-electron chi connectivity index (χ1n) is 3.10. The lowest BCUT2D eigenvalue weighted by atomic mass is 10.4. The number of hydrogen-bond donors (Lipinski definition) is 1. The molecular formula is C6H2Br2F3NO2. The molecule has 1 N–H and O–H groups in total. The number of aromatic nitrogens is 1. The van der Waals surface area contributed by atoms with Gasteiger partial charge >= 0.3 is 6.36 Å². The van der Waals surface area contributed by atoms with Gasteiger partial charge in [-0.3, -0.25) is 0 Å². The first kappa shape index (κ1) is 11.6. The van der Waals surface area contributed by atoms with Crippen molar-refractivity contribution in [3.8, 4) is 11.6 Å². The highest BCUT2D eigenvalue weighted by Gasteiger charge is 2.32. The van der Waals surface area contributed by atoms with E-state index in [1.165, 1.54) is 0 Å². The summed E-state index contributed by atoms with van der Waals surface area (Å²) >= 11 is 5.60. The molecule has 0 aliphatic carbocycles. The Kier molecular flexibility index (Phi) is 3.25. The van der Waals surface area contributed by atoms with Crippen LogP contribution in [0.4, 0.5) is 13.2 Å². The van der Waals surface area contributed by atoms with Crippen molar-refractivity contribution in [1.82, 2.24) is 4.98 Å². The standard InChI is InChI=1S/C6H2Br2F3NO2/c7-2-1-3(14-6(9,10)11)12-5(8)4(2)13/h1,13H. The number of rotatable bonds is 1. The van der Waals surface area contributed by atoms with Crippen LogP contribution >= 0.6 is 31.9 Å². The molecule has 3 nitrogen and oxygen atoms in total. The van der Waals surface area contributed by atoms with Gasteiger partial charge in [0.2, 0.25) is 5.88 Å². The van der Waals surface area contributed by atoms with E-state index >= 15 is 0 Å². The number of ether oxygens (including phenoxy) is 1. The van der Waals surface area contributed by atoms with E-state index in [1.54, 1.807) is 0 Å². The topological polar surface area (TPSA) is 42.4 Å². The van der Waals surface area contributed by atoms with Crippen LogP contribution in [-0.2, 0) is 0 Å². The summed E-state index contributed by atoms with van der Waals surface area (Å²) in [6.45, 7) is 0. The van der Waals surface area contributed by atoms with Crippen molar-refractivity contribution in [1.29, 1.82) is 0 Å². The summed E-state index contributed by atoms with van der Waals surface area (Å²) in [4.78, 5) is 3.31. The fourth-order valence-electron chi connectivity index (χ4n) is 0.628. The van der Waals surface area contributed by atoms with Crippen LogP contribution in [0, 0.1) is 0 Å². The predicted molar refractivity (Wildman–Crippen MR) is 48.0 cm³/mol. The van der Waals surface area contributed by atoms with Crippen LogP contribution < -0.4 is 4.74 Å². The monoisotopic (exact) mass is 335 g/mol. The van der Waals surface area contributed by atoms with Gasteiger partial charge in [0.05, 0.1) is 4.47 Å². The molecule has 0 bridgehead atoms. The van der Waals surface area contributed by atoms with E-state index in [9.17, 15) is 13.2 Å². The molecule has 1 rings (SSSR count). The number of aromatic hydroxyl groups is 1. The Morgan fingerprint density at radius 1 is 1.36 bits per heavy atom. The van der Waals surface area contributed by atoms with E-state index in [-0.39, 0.29) is 14.8 Å². The minimum atomic E-state index is -4.80. The smallest absolute Gasteiger partial charge is 0.504 e. The zero-order chi connectivity index (χ0) is 10.9. The molecule has 0 saturated carbocycles. The molecule has 14 heavy (non-hydrogen) atoms. The number of alkyl halides is 3. The van der Waals surface area contributed by atoms with Crippen LogP contribution in [0.2, 0.25) is 0 Å². The maximum absolute atomic E-state index is 11.7. The number of hydrogen-bond acceptors (Lipinski definition) is 3. The third kappa shape index (κ3) is 3.02. The molecule has 0 atom stereocenters. The number of nitrogens with zero attached hydrogens (tertiary/aromatic N) is 1. The van der Waals surface area contributed by atoms with Gasteiger partial charge in [0.25, 0.3) is 0 Å². The van der Waals surface area contributed by atoms with Crippen molar-refractivity contribution in [2.24, 2.45) is 0 Å². The molecule has 8 heteroatoms. The molecule has 78 valence electrons. The molecule has 0 saturated heterocycles. The minimum Gasteiger partial charge on any atom is -0.504 e. The Labute approximate surface area is 93.2 Å². The summed E-state index contributed by atoms with van der Waals surface area (Å²) in [5, 5.41) is 9.14. The normalized spacial score (nSPS) is 11.5. The summed E-state index contributed by atoms with van der Waals surface area (Å²) in [5.74, 6) is -0.950.